The Morgan fingerprint density at radius 2 is 0.618 bits per heavy atom. The van der Waals surface area contributed by atoms with Crippen LogP contribution in [0.1, 0.15) is 0 Å². The van der Waals surface area contributed by atoms with E-state index in [2.05, 4.69) is 200 Å². The lowest BCUT2D eigenvalue weighted by atomic mass is 9.89. The maximum absolute atomic E-state index is 6.12. The van der Waals surface area contributed by atoms with Crippen molar-refractivity contribution in [2.45, 2.75) is 0 Å². The lowest BCUT2D eigenvalue weighted by Crippen LogP contribution is -2.00. The lowest BCUT2D eigenvalue weighted by molar-refractivity contribution is 0.668. The van der Waals surface area contributed by atoms with E-state index in [0.29, 0.717) is 17.5 Å². The van der Waals surface area contributed by atoms with Gasteiger partial charge in [0.15, 0.2) is 17.5 Å². The molecule has 0 aliphatic rings. The highest BCUT2D eigenvalue weighted by Gasteiger charge is 2.17. The Morgan fingerprint density at radius 3 is 1.15 bits per heavy atom. The van der Waals surface area contributed by atoms with E-state index in [-0.39, 0.29) is 0 Å². The molecule has 0 spiro atoms. The molecule has 0 aliphatic carbocycles. The van der Waals surface area contributed by atoms with Crippen LogP contribution in [0.15, 0.2) is 233 Å². The zero-order valence-electron chi connectivity index (χ0n) is 36.5. The number of fused-ring (bicyclic) bond motifs is 10. The van der Waals surface area contributed by atoms with Crippen LogP contribution in [0.3, 0.4) is 0 Å². The van der Waals surface area contributed by atoms with E-state index in [1.54, 1.807) is 0 Å². The molecular formula is C63H37N3O2. The molecule has 3 heterocycles. The predicted octanol–water partition coefficient (Wildman–Crippen LogP) is 17.1. The third-order valence-corrected chi connectivity index (χ3v) is 13.5. The van der Waals surface area contributed by atoms with Crippen LogP contribution in [0.25, 0.3) is 144 Å². The monoisotopic (exact) mass is 867 g/mol. The standard InChI is InChI=1S/C63H37N3O2/c1-3-11-48-40(9-1)29-32-52-53(48)37-47-10-2-4-12-49(47)60(52)41-21-27-44(28-22-41)63-65-61(42-23-17-38(18-24-42)45-30-33-58-54(35-45)50-13-5-7-15-56(50)67-58)64-62(66-63)43-25-19-39(20-26-43)46-31-34-59-55(36-46)51-14-6-8-16-57(51)68-59/h1-37H. The molecule has 0 aliphatic heterocycles. The summed E-state index contributed by atoms with van der Waals surface area (Å²) < 4.78 is 12.2. The van der Waals surface area contributed by atoms with Gasteiger partial charge in [0, 0.05) is 38.2 Å². The molecular weight excluding hydrogens is 831 g/mol. The topological polar surface area (TPSA) is 65.0 Å². The molecule has 0 radical (unpaired) electrons. The van der Waals surface area contributed by atoms with E-state index in [9.17, 15) is 0 Å². The first-order valence-electron chi connectivity index (χ1n) is 22.9. The summed E-state index contributed by atoms with van der Waals surface area (Å²) in [6.07, 6.45) is 0. The molecule has 3 aromatic heterocycles. The van der Waals surface area contributed by atoms with Gasteiger partial charge < -0.3 is 8.83 Å². The second-order valence-electron chi connectivity index (χ2n) is 17.5. The Hall–Kier alpha value is -9.19. The molecule has 0 saturated carbocycles. The third kappa shape index (κ3) is 6.28. The smallest absolute Gasteiger partial charge is 0.164 e. The molecule has 316 valence electrons. The molecule has 11 aromatic carbocycles. The molecule has 5 heteroatoms. The number of benzene rings is 11. The van der Waals surface area contributed by atoms with Gasteiger partial charge in [0.2, 0.25) is 0 Å². The fraction of sp³-hybridized carbons (Fsp3) is 0. The molecule has 0 N–H and O–H groups in total. The van der Waals surface area contributed by atoms with Crippen molar-refractivity contribution in [2.75, 3.05) is 0 Å². The van der Waals surface area contributed by atoms with Gasteiger partial charge in [-0.15, -0.1) is 0 Å². The van der Waals surface area contributed by atoms with Gasteiger partial charge in [-0.1, -0.05) is 182 Å². The van der Waals surface area contributed by atoms with Crippen LogP contribution in [-0.4, -0.2) is 15.0 Å². The molecule has 0 unspecified atom stereocenters. The van der Waals surface area contributed by atoms with Crippen molar-refractivity contribution in [3.63, 3.8) is 0 Å². The van der Waals surface area contributed by atoms with E-state index >= 15 is 0 Å². The number of furan rings is 2. The first-order valence-corrected chi connectivity index (χ1v) is 22.9. The van der Waals surface area contributed by atoms with Gasteiger partial charge in [-0.2, -0.15) is 0 Å². The quantitative estimate of drug-likeness (QED) is 0.123. The molecule has 0 amide bonds. The van der Waals surface area contributed by atoms with Gasteiger partial charge in [-0.3, -0.25) is 0 Å². The highest BCUT2D eigenvalue weighted by Crippen LogP contribution is 2.41. The Balaban J connectivity index is 0.867. The summed E-state index contributed by atoms with van der Waals surface area (Å²) >= 11 is 0. The number of hydrogen-bond donors (Lipinski definition) is 0. The normalized spacial score (nSPS) is 11.8. The van der Waals surface area contributed by atoms with Crippen molar-refractivity contribution < 1.29 is 8.83 Å². The maximum atomic E-state index is 6.12. The zero-order chi connectivity index (χ0) is 44.7. The Bertz CT molecular complexity index is 4120. The van der Waals surface area contributed by atoms with Gasteiger partial charge in [-0.05, 0) is 108 Å². The Morgan fingerprint density at radius 1 is 0.221 bits per heavy atom. The van der Waals surface area contributed by atoms with Crippen molar-refractivity contribution in [3.05, 3.63) is 224 Å². The Labute approximate surface area is 390 Å². The molecule has 0 atom stereocenters. The summed E-state index contributed by atoms with van der Waals surface area (Å²) in [5.74, 6) is 1.81. The summed E-state index contributed by atoms with van der Waals surface area (Å²) in [7, 11) is 0. The summed E-state index contributed by atoms with van der Waals surface area (Å²) in [6.45, 7) is 0. The highest BCUT2D eigenvalue weighted by molar-refractivity contribution is 6.20. The van der Waals surface area contributed by atoms with Crippen molar-refractivity contribution in [2.24, 2.45) is 0 Å². The number of rotatable bonds is 6. The molecule has 14 aromatic rings. The van der Waals surface area contributed by atoms with Crippen molar-refractivity contribution in [1.29, 1.82) is 0 Å². The van der Waals surface area contributed by atoms with Crippen LogP contribution in [0, 0.1) is 0 Å². The van der Waals surface area contributed by atoms with Crippen LogP contribution >= 0.6 is 0 Å². The summed E-state index contributed by atoms with van der Waals surface area (Å²) in [5, 5.41) is 11.8. The number of para-hydroxylation sites is 2. The van der Waals surface area contributed by atoms with Crippen molar-refractivity contribution in [1.82, 2.24) is 15.0 Å². The largest absolute Gasteiger partial charge is 0.456 e. The van der Waals surface area contributed by atoms with E-state index in [1.807, 2.05) is 24.3 Å². The predicted molar refractivity (Wildman–Crippen MR) is 280 cm³/mol. The zero-order valence-corrected chi connectivity index (χ0v) is 36.5. The SMILES string of the molecule is c1ccc2c(-c3ccc(-c4nc(-c5ccc(-c6ccc7oc8ccccc8c7c6)cc5)nc(-c5ccc(-c6ccc7oc8ccccc8c7c6)cc5)n4)cc3)c3ccc4ccccc4c3cc2c1. The highest BCUT2D eigenvalue weighted by atomic mass is 16.3. The van der Waals surface area contributed by atoms with Crippen LogP contribution in [0.2, 0.25) is 0 Å². The minimum atomic E-state index is 0.602. The summed E-state index contributed by atoms with van der Waals surface area (Å²) in [5.41, 5.74) is 13.0. The van der Waals surface area contributed by atoms with Crippen molar-refractivity contribution >= 4 is 76.2 Å². The number of hydrogen-bond acceptors (Lipinski definition) is 5. The second kappa shape index (κ2) is 15.2. The molecule has 0 bridgehead atoms. The molecule has 0 fully saturated rings. The van der Waals surface area contributed by atoms with E-state index in [0.717, 1.165) is 88.4 Å². The fourth-order valence-corrected chi connectivity index (χ4v) is 10.1. The van der Waals surface area contributed by atoms with E-state index in [1.165, 1.54) is 37.9 Å². The van der Waals surface area contributed by atoms with Gasteiger partial charge in [0.25, 0.3) is 0 Å². The van der Waals surface area contributed by atoms with Crippen LogP contribution in [0.4, 0.5) is 0 Å². The van der Waals surface area contributed by atoms with E-state index in [4.69, 9.17) is 23.8 Å². The third-order valence-electron chi connectivity index (χ3n) is 13.5. The van der Waals surface area contributed by atoms with Crippen LogP contribution < -0.4 is 0 Å². The van der Waals surface area contributed by atoms with Gasteiger partial charge in [-0.25, -0.2) is 15.0 Å². The molecule has 14 rings (SSSR count). The van der Waals surface area contributed by atoms with E-state index < -0.39 is 0 Å². The average Bonchev–Trinajstić information content (AvgIpc) is 3.98. The first-order chi connectivity index (χ1) is 33.6. The van der Waals surface area contributed by atoms with Crippen LogP contribution in [-0.2, 0) is 0 Å². The Kier molecular flexibility index (Phi) is 8.52. The lowest BCUT2D eigenvalue weighted by Gasteiger charge is -2.14. The summed E-state index contributed by atoms with van der Waals surface area (Å²) in [6, 6.07) is 79.0. The average molecular weight is 868 g/mol. The maximum Gasteiger partial charge on any atom is 0.164 e. The van der Waals surface area contributed by atoms with Crippen LogP contribution in [0.5, 0.6) is 0 Å². The summed E-state index contributed by atoms with van der Waals surface area (Å²) in [4.78, 5) is 15.5. The van der Waals surface area contributed by atoms with Gasteiger partial charge >= 0.3 is 0 Å². The molecule has 0 saturated heterocycles. The van der Waals surface area contributed by atoms with Gasteiger partial charge in [0.05, 0.1) is 0 Å². The first kappa shape index (κ1) is 38.1. The second-order valence-corrected chi connectivity index (χ2v) is 17.5. The fourth-order valence-electron chi connectivity index (χ4n) is 10.1. The van der Waals surface area contributed by atoms with Crippen molar-refractivity contribution in [3.8, 4) is 67.5 Å². The minimum absolute atomic E-state index is 0.602. The number of aromatic nitrogens is 3. The minimum Gasteiger partial charge on any atom is -0.456 e. The number of nitrogens with zero attached hydrogens (tertiary/aromatic N) is 3. The molecule has 68 heavy (non-hydrogen) atoms. The van der Waals surface area contributed by atoms with Gasteiger partial charge in [0.1, 0.15) is 22.3 Å². The molecule has 5 nitrogen and oxygen atoms in total.